The minimum absolute atomic E-state index is 0.0267. The fraction of sp³-hybridized carbons (Fsp3) is 0.435. The van der Waals surface area contributed by atoms with E-state index in [-0.39, 0.29) is 12.1 Å². The molecule has 1 fully saturated rings. The molecule has 1 heterocycles. The fourth-order valence-electron chi connectivity index (χ4n) is 3.66. The third kappa shape index (κ3) is 5.18. The van der Waals surface area contributed by atoms with Crippen molar-refractivity contribution in [1.82, 2.24) is 4.90 Å². The van der Waals surface area contributed by atoms with Crippen LogP contribution in [0.3, 0.4) is 0 Å². The van der Waals surface area contributed by atoms with Crippen molar-refractivity contribution in [2.45, 2.75) is 45.8 Å². The van der Waals surface area contributed by atoms with Crippen LogP contribution in [0.4, 0.5) is 0 Å². The van der Waals surface area contributed by atoms with Gasteiger partial charge in [0.05, 0.1) is 0 Å². The molecule has 1 aliphatic rings. The Morgan fingerprint density at radius 2 is 1.81 bits per heavy atom. The number of esters is 1. The first kappa shape index (κ1) is 18.7. The second-order valence-corrected chi connectivity index (χ2v) is 7.34. The Balaban J connectivity index is 1.66. The summed E-state index contributed by atoms with van der Waals surface area (Å²) in [4.78, 5) is 14.4. The number of likely N-dealkylation sites (tertiary alicyclic amines) is 1. The number of piperidine rings is 1. The molecule has 0 aliphatic carbocycles. The van der Waals surface area contributed by atoms with Crippen LogP contribution in [0.25, 0.3) is 0 Å². The first-order valence-electron chi connectivity index (χ1n) is 9.65. The van der Waals surface area contributed by atoms with Gasteiger partial charge in [-0.3, -0.25) is 9.69 Å². The zero-order valence-electron chi connectivity index (χ0n) is 15.9. The van der Waals surface area contributed by atoms with Gasteiger partial charge >= 0.3 is 5.97 Å². The third-order valence-electron chi connectivity index (χ3n) is 5.22. The number of carbonyl (C=O) groups is 1. The summed E-state index contributed by atoms with van der Waals surface area (Å²) in [5.41, 5.74) is 3.92. The molecular weight excluding hydrogens is 322 g/mol. The Morgan fingerprint density at radius 1 is 1.08 bits per heavy atom. The lowest BCUT2D eigenvalue weighted by Crippen LogP contribution is -2.46. The molecular formula is C23H29NO2. The molecule has 3 nitrogen and oxygen atoms in total. The summed E-state index contributed by atoms with van der Waals surface area (Å²) in [5, 5.41) is 0. The van der Waals surface area contributed by atoms with Crippen LogP contribution in [0.2, 0.25) is 0 Å². The average Bonchev–Trinajstić information content (AvgIpc) is 2.66. The van der Waals surface area contributed by atoms with Gasteiger partial charge in [-0.1, -0.05) is 67.1 Å². The lowest BCUT2D eigenvalue weighted by Gasteiger charge is -2.38. The number of benzene rings is 2. The highest BCUT2D eigenvalue weighted by molar-refractivity contribution is 5.69. The van der Waals surface area contributed by atoms with E-state index in [1.54, 1.807) is 0 Å². The number of carbonyl (C=O) groups excluding carboxylic acids is 1. The predicted octanol–water partition coefficient (Wildman–Crippen LogP) is 4.38. The van der Waals surface area contributed by atoms with Gasteiger partial charge in [0.2, 0.25) is 0 Å². The van der Waals surface area contributed by atoms with E-state index >= 15 is 0 Å². The highest BCUT2D eigenvalue weighted by Crippen LogP contribution is 2.26. The largest absolute Gasteiger partial charge is 0.461 e. The first-order chi connectivity index (χ1) is 12.6. The standard InChI is InChI=1S/C23H29NO2/c1-3-23(25)26-22-17-24(16-20-7-5-4-6-8-20)14-13-21(22)15-19-11-9-18(2)10-12-19/h4-12,21-22H,3,13-17H2,1-2H3/t21-,22-/m1/s1. The molecule has 26 heavy (non-hydrogen) atoms. The summed E-state index contributed by atoms with van der Waals surface area (Å²) in [6, 6.07) is 19.2. The monoisotopic (exact) mass is 351 g/mol. The molecule has 2 atom stereocenters. The van der Waals surface area contributed by atoms with Crippen LogP contribution in [0, 0.1) is 12.8 Å². The van der Waals surface area contributed by atoms with E-state index in [1.807, 2.05) is 13.0 Å². The molecule has 3 heteroatoms. The van der Waals surface area contributed by atoms with Crippen molar-refractivity contribution in [3.05, 3.63) is 71.3 Å². The highest BCUT2D eigenvalue weighted by Gasteiger charge is 2.32. The summed E-state index contributed by atoms with van der Waals surface area (Å²) < 4.78 is 5.84. The van der Waals surface area contributed by atoms with Crippen LogP contribution < -0.4 is 0 Å². The molecule has 0 radical (unpaired) electrons. The summed E-state index contributed by atoms with van der Waals surface area (Å²) >= 11 is 0. The molecule has 3 rings (SSSR count). The van der Waals surface area contributed by atoms with E-state index in [9.17, 15) is 4.79 Å². The van der Waals surface area contributed by atoms with Gasteiger partial charge in [0.25, 0.3) is 0 Å². The van der Waals surface area contributed by atoms with Crippen LogP contribution >= 0.6 is 0 Å². The SMILES string of the molecule is CCC(=O)O[C@@H]1CN(Cc2ccccc2)CC[C@@H]1Cc1ccc(C)cc1. The smallest absolute Gasteiger partial charge is 0.305 e. The maximum atomic E-state index is 11.9. The Kier molecular flexibility index (Phi) is 6.45. The second kappa shape index (κ2) is 9.00. The molecule has 1 saturated heterocycles. The second-order valence-electron chi connectivity index (χ2n) is 7.34. The van der Waals surface area contributed by atoms with Crippen molar-refractivity contribution in [2.24, 2.45) is 5.92 Å². The Hall–Kier alpha value is -2.13. The van der Waals surface area contributed by atoms with Gasteiger partial charge in [0.15, 0.2) is 0 Å². The van der Waals surface area contributed by atoms with E-state index in [2.05, 4.69) is 60.4 Å². The summed E-state index contributed by atoms with van der Waals surface area (Å²) in [7, 11) is 0. The molecule has 0 aromatic heterocycles. The van der Waals surface area contributed by atoms with Crippen molar-refractivity contribution in [2.75, 3.05) is 13.1 Å². The van der Waals surface area contributed by atoms with Gasteiger partial charge in [-0.05, 0) is 37.4 Å². The summed E-state index contributed by atoms with van der Waals surface area (Å²) in [6.07, 6.45) is 2.44. The number of rotatable bonds is 6. The maximum absolute atomic E-state index is 11.9. The van der Waals surface area contributed by atoms with Gasteiger partial charge in [0, 0.05) is 25.4 Å². The van der Waals surface area contributed by atoms with Crippen LogP contribution in [0.15, 0.2) is 54.6 Å². The highest BCUT2D eigenvalue weighted by atomic mass is 16.5. The third-order valence-corrected chi connectivity index (χ3v) is 5.22. The van der Waals surface area contributed by atoms with E-state index in [1.165, 1.54) is 16.7 Å². The molecule has 0 spiro atoms. The van der Waals surface area contributed by atoms with Crippen molar-refractivity contribution < 1.29 is 9.53 Å². The van der Waals surface area contributed by atoms with E-state index in [0.29, 0.717) is 12.3 Å². The quantitative estimate of drug-likeness (QED) is 0.723. The van der Waals surface area contributed by atoms with Crippen LogP contribution in [0.5, 0.6) is 0 Å². The van der Waals surface area contributed by atoms with Crippen molar-refractivity contribution >= 4 is 5.97 Å². The molecule has 1 aliphatic heterocycles. The number of hydrogen-bond acceptors (Lipinski definition) is 3. The first-order valence-corrected chi connectivity index (χ1v) is 9.65. The van der Waals surface area contributed by atoms with Crippen LogP contribution in [-0.2, 0) is 22.5 Å². The number of nitrogens with zero attached hydrogens (tertiary/aromatic N) is 1. The van der Waals surface area contributed by atoms with Gasteiger partial charge in [0.1, 0.15) is 6.10 Å². The average molecular weight is 351 g/mol. The minimum atomic E-state index is -0.0922. The van der Waals surface area contributed by atoms with E-state index < -0.39 is 0 Å². The number of ether oxygens (including phenoxy) is 1. The van der Waals surface area contributed by atoms with Crippen molar-refractivity contribution in [1.29, 1.82) is 0 Å². The van der Waals surface area contributed by atoms with Gasteiger partial charge in [-0.2, -0.15) is 0 Å². The lowest BCUT2D eigenvalue weighted by atomic mass is 9.87. The van der Waals surface area contributed by atoms with E-state index in [4.69, 9.17) is 4.74 Å². The van der Waals surface area contributed by atoms with Gasteiger partial charge < -0.3 is 4.74 Å². The molecule has 0 unspecified atom stereocenters. The number of aryl methyl sites for hydroxylation is 1. The molecule has 0 saturated carbocycles. The van der Waals surface area contributed by atoms with Gasteiger partial charge in [-0.15, -0.1) is 0 Å². The van der Waals surface area contributed by atoms with Crippen molar-refractivity contribution in [3.63, 3.8) is 0 Å². The predicted molar refractivity (Wildman–Crippen MR) is 105 cm³/mol. The maximum Gasteiger partial charge on any atom is 0.305 e. The van der Waals surface area contributed by atoms with Gasteiger partial charge in [-0.25, -0.2) is 0 Å². The zero-order valence-corrected chi connectivity index (χ0v) is 15.9. The summed E-state index contributed by atoms with van der Waals surface area (Å²) in [5.74, 6) is 0.297. The molecule has 0 bridgehead atoms. The molecule has 0 N–H and O–H groups in total. The summed E-state index contributed by atoms with van der Waals surface area (Å²) in [6.45, 7) is 6.75. The van der Waals surface area contributed by atoms with Crippen LogP contribution in [0.1, 0.15) is 36.5 Å². The normalized spacial score (nSPS) is 20.7. The molecule has 138 valence electrons. The molecule has 0 amide bonds. The Labute approximate surface area is 157 Å². The Bertz CT molecular complexity index is 696. The molecule has 2 aromatic carbocycles. The zero-order chi connectivity index (χ0) is 18.4. The fourth-order valence-corrected chi connectivity index (χ4v) is 3.66. The van der Waals surface area contributed by atoms with E-state index in [0.717, 1.165) is 32.5 Å². The Morgan fingerprint density at radius 3 is 2.50 bits per heavy atom. The minimum Gasteiger partial charge on any atom is -0.461 e. The number of hydrogen-bond donors (Lipinski definition) is 0. The van der Waals surface area contributed by atoms with Crippen molar-refractivity contribution in [3.8, 4) is 0 Å². The molecule has 2 aromatic rings. The van der Waals surface area contributed by atoms with Crippen LogP contribution in [-0.4, -0.2) is 30.1 Å². The lowest BCUT2D eigenvalue weighted by molar-refractivity contribution is -0.155. The topological polar surface area (TPSA) is 29.5 Å².